The third-order valence-electron chi connectivity index (χ3n) is 2.62. The molecule has 16 heavy (non-hydrogen) atoms. The van der Waals surface area contributed by atoms with Crippen molar-refractivity contribution in [1.29, 1.82) is 0 Å². The van der Waals surface area contributed by atoms with E-state index in [1.165, 1.54) is 0 Å². The van der Waals surface area contributed by atoms with Crippen LogP contribution < -0.4 is 0 Å². The van der Waals surface area contributed by atoms with Crippen molar-refractivity contribution in [3.8, 4) is 0 Å². The summed E-state index contributed by atoms with van der Waals surface area (Å²) in [5.74, 6) is -0.315. The van der Waals surface area contributed by atoms with Crippen LogP contribution in [0.15, 0.2) is 0 Å². The predicted molar refractivity (Wildman–Crippen MR) is 58.3 cm³/mol. The highest BCUT2D eigenvalue weighted by Gasteiger charge is 2.32. The largest absolute Gasteiger partial charge is 0.466 e. The van der Waals surface area contributed by atoms with E-state index in [1.54, 1.807) is 6.92 Å². The van der Waals surface area contributed by atoms with Crippen LogP contribution >= 0.6 is 0 Å². The molecule has 94 valence electrons. The fourth-order valence-electron chi connectivity index (χ4n) is 2.02. The summed E-state index contributed by atoms with van der Waals surface area (Å²) in [6.07, 6.45) is 3.32. The molecule has 6 heteroatoms. The van der Waals surface area contributed by atoms with Crippen LogP contribution in [-0.4, -0.2) is 33.4 Å². The second-order valence-corrected chi connectivity index (χ2v) is 5.64. The summed E-state index contributed by atoms with van der Waals surface area (Å²) in [6, 6.07) is 0. The maximum atomic E-state index is 11.3. The lowest BCUT2D eigenvalue weighted by atomic mass is 10.0. The standard InChI is InChI=1S/C10H18O5S/c1-3-14-10(11)7-8-5-4-6-9(8)15-16(2,12)13/h8-9H,3-7H2,1-2H3/t8-,9+/m1/s1. The first-order valence-corrected chi connectivity index (χ1v) is 7.28. The third kappa shape index (κ3) is 4.49. The molecular formula is C10H18O5S. The maximum Gasteiger partial charge on any atom is 0.306 e. The van der Waals surface area contributed by atoms with Gasteiger partial charge in [-0.05, 0) is 25.7 Å². The SMILES string of the molecule is CCOC(=O)C[C@H]1CCC[C@@H]1OS(C)(=O)=O. The number of carbonyl (C=O) groups excluding carboxylic acids is 1. The van der Waals surface area contributed by atoms with Crippen LogP contribution in [0.2, 0.25) is 0 Å². The van der Waals surface area contributed by atoms with Gasteiger partial charge in [-0.1, -0.05) is 6.42 Å². The van der Waals surface area contributed by atoms with Gasteiger partial charge in [0.2, 0.25) is 0 Å². The van der Waals surface area contributed by atoms with Crippen LogP contribution in [0.4, 0.5) is 0 Å². The average molecular weight is 250 g/mol. The predicted octanol–water partition coefficient (Wildman–Crippen LogP) is 1.08. The van der Waals surface area contributed by atoms with Crippen molar-refractivity contribution in [3.05, 3.63) is 0 Å². The second-order valence-electron chi connectivity index (χ2n) is 4.04. The summed E-state index contributed by atoms with van der Waals surface area (Å²) in [6.45, 7) is 2.10. The van der Waals surface area contributed by atoms with Gasteiger partial charge in [-0.3, -0.25) is 8.98 Å². The summed E-state index contributed by atoms with van der Waals surface area (Å²) < 4.78 is 31.8. The molecule has 1 aliphatic carbocycles. The lowest BCUT2D eigenvalue weighted by molar-refractivity contribution is -0.144. The lowest BCUT2D eigenvalue weighted by Crippen LogP contribution is -2.24. The molecule has 0 bridgehead atoms. The van der Waals surface area contributed by atoms with Gasteiger partial charge in [-0.15, -0.1) is 0 Å². The van der Waals surface area contributed by atoms with Gasteiger partial charge in [0.25, 0.3) is 10.1 Å². The summed E-state index contributed by atoms with van der Waals surface area (Å²) in [5, 5.41) is 0. The molecule has 0 aromatic heterocycles. The summed E-state index contributed by atoms with van der Waals surface area (Å²) in [5.41, 5.74) is 0. The van der Waals surface area contributed by atoms with Gasteiger partial charge in [-0.25, -0.2) is 0 Å². The zero-order chi connectivity index (χ0) is 12.2. The Hall–Kier alpha value is -0.620. The zero-order valence-corrected chi connectivity index (χ0v) is 10.5. The number of ether oxygens (including phenoxy) is 1. The number of hydrogen-bond acceptors (Lipinski definition) is 5. The van der Waals surface area contributed by atoms with E-state index in [4.69, 9.17) is 8.92 Å². The Balaban J connectivity index is 2.49. The first-order chi connectivity index (χ1) is 7.42. The van der Waals surface area contributed by atoms with Gasteiger partial charge < -0.3 is 4.74 Å². The molecule has 1 rings (SSSR count). The Morgan fingerprint density at radius 3 is 2.62 bits per heavy atom. The first kappa shape index (κ1) is 13.4. The minimum atomic E-state index is -3.44. The number of rotatable bonds is 5. The summed E-state index contributed by atoms with van der Waals surface area (Å²) in [7, 11) is -3.44. The first-order valence-electron chi connectivity index (χ1n) is 5.46. The maximum absolute atomic E-state index is 11.3. The van der Waals surface area contributed by atoms with E-state index in [0.717, 1.165) is 19.1 Å². The van der Waals surface area contributed by atoms with Gasteiger partial charge in [-0.2, -0.15) is 8.42 Å². The van der Waals surface area contributed by atoms with Crippen LogP contribution in [0, 0.1) is 5.92 Å². The Morgan fingerprint density at radius 1 is 1.38 bits per heavy atom. The fourth-order valence-corrected chi connectivity index (χ4v) is 2.72. The Kier molecular flexibility index (Phi) is 4.73. The highest BCUT2D eigenvalue weighted by molar-refractivity contribution is 7.86. The molecule has 0 aliphatic heterocycles. The molecule has 0 N–H and O–H groups in total. The van der Waals surface area contributed by atoms with Crippen LogP contribution in [0.5, 0.6) is 0 Å². The van der Waals surface area contributed by atoms with E-state index in [2.05, 4.69) is 0 Å². The summed E-state index contributed by atoms with van der Waals surface area (Å²) in [4.78, 5) is 11.3. The van der Waals surface area contributed by atoms with E-state index in [0.29, 0.717) is 13.0 Å². The Bertz CT molecular complexity index is 335. The average Bonchev–Trinajstić information content (AvgIpc) is 2.50. The quantitative estimate of drug-likeness (QED) is 0.539. The van der Waals surface area contributed by atoms with E-state index in [9.17, 15) is 13.2 Å². The molecule has 1 saturated carbocycles. The van der Waals surface area contributed by atoms with Crippen molar-refractivity contribution in [2.75, 3.05) is 12.9 Å². The molecule has 1 aliphatic rings. The number of esters is 1. The molecule has 0 aromatic carbocycles. The topological polar surface area (TPSA) is 69.7 Å². The molecule has 0 radical (unpaired) electrons. The van der Waals surface area contributed by atoms with E-state index in [-0.39, 0.29) is 24.4 Å². The smallest absolute Gasteiger partial charge is 0.306 e. The number of hydrogen-bond donors (Lipinski definition) is 0. The van der Waals surface area contributed by atoms with Crippen molar-refractivity contribution in [2.24, 2.45) is 5.92 Å². The molecule has 0 spiro atoms. The van der Waals surface area contributed by atoms with Gasteiger partial charge in [0.05, 0.1) is 25.4 Å². The van der Waals surface area contributed by atoms with Gasteiger partial charge >= 0.3 is 5.97 Å². The Morgan fingerprint density at radius 2 is 2.06 bits per heavy atom. The van der Waals surface area contributed by atoms with Crippen LogP contribution in [0.1, 0.15) is 32.6 Å². The molecule has 0 amide bonds. The van der Waals surface area contributed by atoms with Crippen molar-refractivity contribution in [2.45, 2.75) is 38.7 Å². The monoisotopic (exact) mass is 250 g/mol. The van der Waals surface area contributed by atoms with Crippen LogP contribution in [0.3, 0.4) is 0 Å². The summed E-state index contributed by atoms with van der Waals surface area (Å²) >= 11 is 0. The van der Waals surface area contributed by atoms with E-state index < -0.39 is 10.1 Å². The van der Waals surface area contributed by atoms with Gasteiger partial charge in [0.15, 0.2) is 0 Å². The van der Waals surface area contributed by atoms with E-state index in [1.807, 2.05) is 0 Å². The fraction of sp³-hybridized carbons (Fsp3) is 0.900. The number of carbonyl (C=O) groups is 1. The second kappa shape index (κ2) is 5.63. The van der Waals surface area contributed by atoms with Crippen LogP contribution in [-0.2, 0) is 23.8 Å². The third-order valence-corrected chi connectivity index (χ3v) is 3.22. The van der Waals surface area contributed by atoms with Crippen molar-refractivity contribution < 1.29 is 22.1 Å². The van der Waals surface area contributed by atoms with E-state index >= 15 is 0 Å². The molecule has 0 heterocycles. The van der Waals surface area contributed by atoms with Crippen LogP contribution in [0.25, 0.3) is 0 Å². The van der Waals surface area contributed by atoms with Crippen molar-refractivity contribution >= 4 is 16.1 Å². The minimum absolute atomic E-state index is 0.0335. The normalized spacial score (nSPS) is 25.6. The molecule has 0 unspecified atom stereocenters. The molecule has 2 atom stereocenters. The minimum Gasteiger partial charge on any atom is -0.466 e. The molecule has 0 saturated heterocycles. The Labute approximate surface area is 96.2 Å². The molecule has 5 nitrogen and oxygen atoms in total. The van der Waals surface area contributed by atoms with Gasteiger partial charge in [0, 0.05) is 0 Å². The van der Waals surface area contributed by atoms with Gasteiger partial charge in [0.1, 0.15) is 0 Å². The molecule has 0 aromatic rings. The zero-order valence-electron chi connectivity index (χ0n) is 9.64. The molecular weight excluding hydrogens is 232 g/mol. The highest BCUT2D eigenvalue weighted by atomic mass is 32.2. The molecule has 1 fully saturated rings. The lowest BCUT2D eigenvalue weighted by Gasteiger charge is -2.17. The van der Waals surface area contributed by atoms with Crippen molar-refractivity contribution in [3.63, 3.8) is 0 Å². The van der Waals surface area contributed by atoms with Crippen molar-refractivity contribution in [1.82, 2.24) is 0 Å². The highest BCUT2D eigenvalue weighted by Crippen LogP contribution is 2.31.